The maximum absolute atomic E-state index is 11.6. The Hall–Kier alpha value is -1.26. The fourth-order valence-electron chi connectivity index (χ4n) is 2.62. The average Bonchev–Trinajstić information content (AvgIpc) is 2.42. The van der Waals surface area contributed by atoms with Gasteiger partial charge in [0.1, 0.15) is 0 Å². The van der Waals surface area contributed by atoms with Gasteiger partial charge in [-0.1, -0.05) is 38.5 Å². The summed E-state index contributed by atoms with van der Waals surface area (Å²) in [6, 6.07) is 0.322. The number of carbonyl (C=O) groups is 2. The summed E-state index contributed by atoms with van der Waals surface area (Å²) in [5.41, 5.74) is 0. The van der Waals surface area contributed by atoms with Gasteiger partial charge in [-0.3, -0.25) is 4.79 Å². The third kappa shape index (κ3) is 8.77. The zero-order chi connectivity index (χ0) is 14.6. The van der Waals surface area contributed by atoms with Crippen molar-refractivity contribution in [1.82, 2.24) is 10.6 Å². The maximum atomic E-state index is 11.6. The minimum atomic E-state index is -0.717. The highest BCUT2D eigenvalue weighted by molar-refractivity contribution is 5.74. The van der Waals surface area contributed by atoms with E-state index in [1.54, 1.807) is 0 Å². The van der Waals surface area contributed by atoms with Crippen LogP contribution in [0.25, 0.3) is 0 Å². The first-order valence-electron chi connectivity index (χ1n) is 7.94. The lowest BCUT2D eigenvalue weighted by Crippen LogP contribution is -2.43. The molecule has 5 nitrogen and oxygen atoms in total. The number of rotatable bonds is 9. The van der Waals surface area contributed by atoms with Crippen molar-refractivity contribution in [2.75, 3.05) is 6.54 Å². The molecular formula is C15H28N2O3. The molecule has 3 N–H and O–H groups in total. The third-order valence-electron chi connectivity index (χ3n) is 3.79. The van der Waals surface area contributed by atoms with Gasteiger partial charge in [0.05, 0.1) is 0 Å². The first-order valence-corrected chi connectivity index (χ1v) is 7.94. The molecule has 1 saturated carbocycles. The van der Waals surface area contributed by atoms with Crippen LogP contribution in [-0.4, -0.2) is 29.7 Å². The molecule has 116 valence electrons. The molecule has 0 spiro atoms. The molecular weight excluding hydrogens is 256 g/mol. The van der Waals surface area contributed by atoms with Crippen LogP contribution in [0.2, 0.25) is 0 Å². The Morgan fingerprint density at radius 2 is 1.60 bits per heavy atom. The lowest BCUT2D eigenvalue weighted by molar-refractivity contribution is -0.137. The number of carboxylic acid groups (broad SMARTS) is 1. The van der Waals surface area contributed by atoms with E-state index in [1.807, 2.05) is 0 Å². The second kappa shape index (κ2) is 10.5. The van der Waals surface area contributed by atoms with Crippen LogP contribution in [0.4, 0.5) is 4.79 Å². The summed E-state index contributed by atoms with van der Waals surface area (Å²) in [4.78, 5) is 22.0. The predicted molar refractivity (Wildman–Crippen MR) is 78.7 cm³/mol. The molecule has 0 atom stereocenters. The largest absolute Gasteiger partial charge is 0.481 e. The molecule has 0 aromatic heterocycles. The van der Waals surface area contributed by atoms with E-state index in [4.69, 9.17) is 5.11 Å². The summed E-state index contributed by atoms with van der Waals surface area (Å²) in [6.45, 7) is 0.706. The van der Waals surface area contributed by atoms with Crippen LogP contribution in [0.1, 0.15) is 70.6 Å². The molecule has 1 aliphatic rings. The molecule has 0 bridgehead atoms. The SMILES string of the molecule is O=C(O)CCCCCCCNC(=O)NC1CCCCC1. The lowest BCUT2D eigenvalue weighted by atomic mass is 9.96. The third-order valence-corrected chi connectivity index (χ3v) is 3.79. The number of hydrogen-bond donors (Lipinski definition) is 3. The summed E-state index contributed by atoms with van der Waals surface area (Å²) in [7, 11) is 0. The normalized spacial score (nSPS) is 15.8. The highest BCUT2D eigenvalue weighted by Gasteiger charge is 2.14. The van der Waals surface area contributed by atoms with Crippen LogP contribution >= 0.6 is 0 Å². The molecule has 0 saturated heterocycles. The number of urea groups is 1. The molecule has 5 heteroatoms. The van der Waals surface area contributed by atoms with E-state index >= 15 is 0 Å². The standard InChI is InChI=1S/C15H28N2O3/c18-14(19)11-7-2-1-3-8-12-16-15(20)17-13-9-5-4-6-10-13/h13H,1-12H2,(H,18,19)(H2,16,17,20). The molecule has 0 unspecified atom stereocenters. The number of unbranched alkanes of at least 4 members (excludes halogenated alkanes) is 4. The van der Waals surface area contributed by atoms with Gasteiger partial charge in [-0.15, -0.1) is 0 Å². The first kappa shape index (κ1) is 16.8. The van der Waals surface area contributed by atoms with Crippen LogP contribution < -0.4 is 10.6 Å². The second-order valence-electron chi connectivity index (χ2n) is 5.65. The number of aliphatic carboxylic acids is 1. The average molecular weight is 284 g/mol. The predicted octanol–water partition coefficient (Wildman–Crippen LogP) is 3.04. The quantitative estimate of drug-likeness (QED) is 0.569. The van der Waals surface area contributed by atoms with Gasteiger partial charge in [0.25, 0.3) is 0 Å². The van der Waals surface area contributed by atoms with E-state index in [9.17, 15) is 9.59 Å². The minimum Gasteiger partial charge on any atom is -0.481 e. The van der Waals surface area contributed by atoms with E-state index in [2.05, 4.69) is 10.6 Å². The van der Waals surface area contributed by atoms with Crippen LogP contribution in [0.3, 0.4) is 0 Å². The summed E-state index contributed by atoms with van der Waals surface area (Å²) >= 11 is 0. The van der Waals surface area contributed by atoms with Gasteiger partial charge >= 0.3 is 12.0 Å². The van der Waals surface area contributed by atoms with Gasteiger partial charge in [0, 0.05) is 19.0 Å². The molecule has 0 aliphatic heterocycles. The highest BCUT2D eigenvalue weighted by atomic mass is 16.4. The fraction of sp³-hybridized carbons (Fsp3) is 0.867. The summed E-state index contributed by atoms with van der Waals surface area (Å²) in [5, 5.41) is 14.4. The zero-order valence-corrected chi connectivity index (χ0v) is 12.3. The minimum absolute atomic E-state index is 0.0391. The van der Waals surface area contributed by atoms with Gasteiger partial charge in [-0.2, -0.15) is 0 Å². The zero-order valence-electron chi connectivity index (χ0n) is 12.3. The van der Waals surface area contributed by atoms with Crippen molar-refractivity contribution in [3.63, 3.8) is 0 Å². The van der Waals surface area contributed by atoms with Crippen molar-refractivity contribution >= 4 is 12.0 Å². The molecule has 20 heavy (non-hydrogen) atoms. The van der Waals surface area contributed by atoms with Crippen molar-refractivity contribution in [2.45, 2.75) is 76.7 Å². The lowest BCUT2D eigenvalue weighted by Gasteiger charge is -2.22. The monoisotopic (exact) mass is 284 g/mol. The Balaban J connectivity index is 1.87. The first-order chi connectivity index (χ1) is 9.68. The number of amides is 2. The Morgan fingerprint density at radius 1 is 0.950 bits per heavy atom. The molecule has 2 amide bonds. The van der Waals surface area contributed by atoms with Gasteiger partial charge in [0.15, 0.2) is 0 Å². The Morgan fingerprint density at radius 3 is 2.30 bits per heavy atom. The molecule has 1 fully saturated rings. The van der Waals surface area contributed by atoms with Gasteiger partial charge in [0.2, 0.25) is 0 Å². The van der Waals surface area contributed by atoms with E-state index in [0.717, 1.165) is 44.9 Å². The number of carboxylic acids is 1. The second-order valence-corrected chi connectivity index (χ2v) is 5.65. The smallest absolute Gasteiger partial charge is 0.315 e. The van der Waals surface area contributed by atoms with Crippen molar-refractivity contribution in [3.05, 3.63) is 0 Å². The summed E-state index contributed by atoms with van der Waals surface area (Å²) in [6.07, 6.45) is 11.0. The summed E-state index contributed by atoms with van der Waals surface area (Å²) < 4.78 is 0. The Kier molecular flexibility index (Phi) is 8.83. The van der Waals surface area contributed by atoms with Gasteiger partial charge < -0.3 is 15.7 Å². The topological polar surface area (TPSA) is 78.4 Å². The van der Waals surface area contributed by atoms with Crippen LogP contribution in [-0.2, 0) is 4.79 Å². The van der Waals surface area contributed by atoms with E-state index in [1.165, 1.54) is 19.3 Å². The van der Waals surface area contributed by atoms with E-state index < -0.39 is 5.97 Å². The number of hydrogen-bond acceptors (Lipinski definition) is 2. The van der Waals surface area contributed by atoms with Crippen molar-refractivity contribution in [1.29, 1.82) is 0 Å². The molecule has 1 aliphatic carbocycles. The van der Waals surface area contributed by atoms with Crippen LogP contribution in [0.5, 0.6) is 0 Å². The number of nitrogens with one attached hydrogen (secondary N) is 2. The van der Waals surface area contributed by atoms with E-state index in [-0.39, 0.29) is 12.5 Å². The van der Waals surface area contributed by atoms with Crippen LogP contribution in [0.15, 0.2) is 0 Å². The molecule has 0 radical (unpaired) electrons. The molecule has 1 rings (SSSR count). The Labute approximate surface area is 121 Å². The molecule has 0 heterocycles. The number of carbonyl (C=O) groups excluding carboxylic acids is 1. The maximum Gasteiger partial charge on any atom is 0.315 e. The van der Waals surface area contributed by atoms with E-state index in [0.29, 0.717) is 12.6 Å². The molecule has 0 aromatic rings. The summed E-state index contributed by atoms with van der Waals surface area (Å²) in [5.74, 6) is -0.717. The highest BCUT2D eigenvalue weighted by Crippen LogP contribution is 2.17. The van der Waals surface area contributed by atoms with Crippen molar-refractivity contribution in [2.24, 2.45) is 0 Å². The van der Waals surface area contributed by atoms with Gasteiger partial charge in [-0.25, -0.2) is 4.79 Å². The Bertz CT molecular complexity index is 289. The fourth-order valence-corrected chi connectivity index (χ4v) is 2.62. The van der Waals surface area contributed by atoms with Crippen molar-refractivity contribution in [3.8, 4) is 0 Å². The molecule has 0 aromatic carbocycles. The van der Waals surface area contributed by atoms with Crippen LogP contribution in [0, 0.1) is 0 Å². The van der Waals surface area contributed by atoms with Crippen molar-refractivity contribution < 1.29 is 14.7 Å². The van der Waals surface area contributed by atoms with Gasteiger partial charge in [-0.05, 0) is 25.7 Å².